The highest BCUT2D eigenvalue weighted by molar-refractivity contribution is 6.07. The lowest BCUT2D eigenvalue weighted by atomic mass is 9.95. The van der Waals surface area contributed by atoms with Gasteiger partial charge in [-0.1, -0.05) is 60.7 Å². The first-order chi connectivity index (χ1) is 18.0. The fraction of sp³-hybridized carbons (Fsp3) is 0.419. The Hall–Kier alpha value is -3.22. The molecule has 2 amide bonds. The molecule has 0 aromatic heterocycles. The lowest BCUT2D eigenvalue weighted by molar-refractivity contribution is -0.126. The number of benzene rings is 3. The Morgan fingerprint density at radius 2 is 1.59 bits per heavy atom. The van der Waals surface area contributed by atoms with Gasteiger partial charge in [0, 0.05) is 44.8 Å². The van der Waals surface area contributed by atoms with Crippen LogP contribution in [0.2, 0.25) is 0 Å². The van der Waals surface area contributed by atoms with E-state index in [0.717, 1.165) is 48.8 Å². The maximum absolute atomic E-state index is 13.4. The third-order valence-corrected chi connectivity index (χ3v) is 7.49. The van der Waals surface area contributed by atoms with Crippen LogP contribution in [0.5, 0.6) is 0 Å². The zero-order valence-corrected chi connectivity index (χ0v) is 21.9. The van der Waals surface area contributed by atoms with Crippen LogP contribution in [-0.4, -0.2) is 60.0 Å². The van der Waals surface area contributed by atoms with E-state index < -0.39 is 0 Å². The topological polar surface area (TPSA) is 61.9 Å². The van der Waals surface area contributed by atoms with E-state index in [1.807, 2.05) is 47.4 Å². The Morgan fingerprint density at radius 1 is 0.892 bits per heavy atom. The number of hydrogen-bond acceptors (Lipinski definition) is 4. The van der Waals surface area contributed by atoms with E-state index in [-0.39, 0.29) is 29.9 Å². The molecule has 194 valence electrons. The summed E-state index contributed by atoms with van der Waals surface area (Å²) >= 11 is 0. The van der Waals surface area contributed by atoms with E-state index in [1.165, 1.54) is 5.56 Å². The zero-order chi connectivity index (χ0) is 25.8. The summed E-state index contributed by atoms with van der Waals surface area (Å²) in [6.45, 7) is 8.70. The molecule has 6 nitrogen and oxygen atoms in total. The Bertz CT molecular complexity index is 1230. The minimum absolute atomic E-state index is 0.00828. The van der Waals surface area contributed by atoms with Crippen molar-refractivity contribution in [3.8, 4) is 0 Å². The molecule has 2 heterocycles. The number of likely N-dealkylation sites (tertiary alicyclic amines) is 1. The maximum atomic E-state index is 13.4. The molecule has 2 saturated heterocycles. The fourth-order valence-electron chi connectivity index (χ4n) is 5.73. The Kier molecular flexibility index (Phi) is 7.87. The first-order valence-corrected chi connectivity index (χ1v) is 13.5. The molecule has 3 aromatic carbocycles. The Morgan fingerprint density at radius 3 is 2.38 bits per heavy atom. The molecule has 0 bridgehead atoms. The van der Waals surface area contributed by atoms with Gasteiger partial charge in [0.25, 0.3) is 5.91 Å². The highest BCUT2D eigenvalue weighted by Crippen LogP contribution is 2.24. The number of carbonyl (C=O) groups is 2. The van der Waals surface area contributed by atoms with Crippen molar-refractivity contribution in [1.29, 1.82) is 0 Å². The summed E-state index contributed by atoms with van der Waals surface area (Å²) in [4.78, 5) is 30.6. The van der Waals surface area contributed by atoms with E-state index in [9.17, 15) is 9.59 Å². The predicted octanol–water partition coefficient (Wildman–Crippen LogP) is 4.62. The molecule has 0 aliphatic carbocycles. The summed E-state index contributed by atoms with van der Waals surface area (Å²) in [6, 6.07) is 22.3. The van der Waals surface area contributed by atoms with Gasteiger partial charge in [0.2, 0.25) is 5.91 Å². The van der Waals surface area contributed by atoms with E-state index in [4.69, 9.17) is 4.74 Å². The number of hydrogen-bond donors (Lipinski definition) is 1. The van der Waals surface area contributed by atoms with Crippen LogP contribution in [-0.2, 0) is 22.6 Å². The van der Waals surface area contributed by atoms with Crippen LogP contribution in [0.4, 0.5) is 0 Å². The van der Waals surface area contributed by atoms with Crippen LogP contribution in [0.15, 0.2) is 66.7 Å². The molecule has 2 aliphatic heterocycles. The fourth-order valence-corrected chi connectivity index (χ4v) is 5.73. The molecule has 3 aromatic rings. The summed E-state index contributed by atoms with van der Waals surface area (Å²) in [5, 5.41) is 5.12. The highest BCUT2D eigenvalue weighted by Gasteiger charge is 2.29. The molecule has 37 heavy (non-hydrogen) atoms. The Balaban J connectivity index is 1.14. The van der Waals surface area contributed by atoms with E-state index in [2.05, 4.69) is 48.3 Å². The van der Waals surface area contributed by atoms with Gasteiger partial charge in [-0.25, -0.2) is 0 Å². The number of ether oxygens (including phenoxy) is 1. The van der Waals surface area contributed by atoms with Crippen LogP contribution in [0.25, 0.3) is 10.8 Å². The third-order valence-electron chi connectivity index (χ3n) is 7.49. The molecule has 6 heteroatoms. The number of rotatable bonds is 6. The molecule has 0 spiro atoms. The quantitative estimate of drug-likeness (QED) is 0.538. The molecular weight excluding hydrogens is 462 g/mol. The SMILES string of the molecule is CC1CN(Cc2ccc(CNC(=O)C3CCCN(C(=O)c4cccc5ccccc45)C3)cc2)CC(C)O1. The van der Waals surface area contributed by atoms with E-state index in [0.29, 0.717) is 25.2 Å². The number of piperidine rings is 1. The molecule has 3 unspecified atom stereocenters. The van der Waals surface area contributed by atoms with Gasteiger partial charge in [-0.05, 0) is 54.7 Å². The predicted molar refractivity (Wildman–Crippen MR) is 146 cm³/mol. The molecule has 1 N–H and O–H groups in total. The summed E-state index contributed by atoms with van der Waals surface area (Å²) in [5.74, 6) is -0.151. The van der Waals surface area contributed by atoms with Gasteiger partial charge in [0.05, 0.1) is 18.1 Å². The smallest absolute Gasteiger partial charge is 0.254 e. The van der Waals surface area contributed by atoms with Gasteiger partial charge in [-0.15, -0.1) is 0 Å². The number of fused-ring (bicyclic) bond motifs is 1. The normalized spacial score (nSPS) is 22.6. The van der Waals surface area contributed by atoms with Gasteiger partial charge in [-0.3, -0.25) is 14.5 Å². The van der Waals surface area contributed by atoms with Gasteiger partial charge in [0.15, 0.2) is 0 Å². The van der Waals surface area contributed by atoms with Crippen molar-refractivity contribution in [1.82, 2.24) is 15.1 Å². The van der Waals surface area contributed by atoms with Gasteiger partial charge in [0.1, 0.15) is 0 Å². The van der Waals surface area contributed by atoms with Crippen molar-refractivity contribution in [3.63, 3.8) is 0 Å². The molecular formula is C31H37N3O3. The summed E-state index contributed by atoms with van der Waals surface area (Å²) in [5.41, 5.74) is 3.06. The summed E-state index contributed by atoms with van der Waals surface area (Å²) in [7, 11) is 0. The van der Waals surface area contributed by atoms with Crippen molar-refractivity contribution in [2.24, 2.45) is 5.92 Å². The van der Waals surface area contributed by atoms with Crippen molar-refractivity contribution in [3.05, 3.63) is 83.4 Å². The minimum atomic E-state index is -0.183. The second kappa shape index (κ2) is 11.4. The molecule has 3 atom stereocenters. The van der Waals surface area contributed by atoms with Crippen molar-refractivity contribution < 1.29 is 14.3 Å². The Labute approximate surface area is 219 Å². The number of nitrogens with zero attached hydrogens (tertiary/aromatic N) is 2. The first kappa shape index (κ1) is 25.4. The van der Waals surface area contributed by atoms with E-state index >= 15 is 0 Å². The lowest BCUT2D eigenvalue weighted by Gasteiger charge is -2.35. The minimum Gasteiger partial charge on any atom is -0.373 e. The average molecular weight is 500 g/mol. The van der Waals surface area contributed by atoms with Crippen LogP contribution >= 0.6 is 0 Å². The van der Waals surface area contributed by atoms with Crippen LogP contribution < -0.4 is 5.32 Å². The standard InChI is InChI=1S/C31H37N3O3/c1-22-18-33(19-23(2)37-22)20-25-14-12-24(13-15-25)17-32-30(35)27-9-6-16-34(21-27)31(36)29-11-5-8-26-7-3-4-10-28(26)29/h3-5,7-8,10-15,22-23,27H,6,9,16-21H2,1-2H3,(H,32,35). The van der Waals surface area contributed by atoms with Gasteiger partial charge < -0.3 is 15.0 Å². The van der Waals surface area contributed by atoms with Gasteiger partial charge >= 0.3 is 0 Å². The molecule has 5 rings (SSSR count). The van der Waals surface area contributed by atoms with Gasteiger partial charge in [-0.2, -0.15) is 0 Å². The number of nitrogens with one attached hydrogen (secondary N) is 1. The summed E-state index contributed by atoms with van der Waals surface area (Å²) in [6.07, 6.45) is 2.16. The summed E-state index contributed by atoms with van der Waals surface area (Å²) < 4.78 is 5.83. The third kappa shape index (κ3) is 6.20. The second-order valence-electron chi connectivity index (χ2n) is 10.6. The number of morpholine rings is 1. The highest BCUT2D eigenvalue weighted by atomic mass is 16.5. The molecule has 2 aliphatic rings. The van der Waals surface area contributed by atoms with Crippen molar-refractivity contribution >= 4 is 22.6 Å². The first-order valence-electron chi connectivity index (χ1n) is 13.5. The molecule has 0 radical (unpaired) electrons. The van der Waals surface area contributed by atoms with Crippen LogP contribution in [0.1, 0.15) is 48.2 Å². The van der Waals surface area contributed by atoms with Crippen LogP contribution in [0, 0.1) is 5.92 Å². The second-order valence-corrected chi connectivity index (χ2v) is 10.6. The number of amides is 2. The zero-order valence-electron chi connectivity index (χ0n) is 21.9. The van der Waals surface area contributed by atoms with Crippen molar-refractivity contribution in [2.75, 3.05) is 26.2 Å². The average Bonchev–Trinajstić information content (AvgIpc) is 2.91. The largest absolute Gasteiger partial charge is 0.373 e. The monoisotopic (exact) mass is 499 g/mol. The maximum Gasteiger partial charge on any atom is 0.254 e. The number of carbonyl (C=O) groups excluding carboxylic acids is 2. The van der Waals surface area contributed by atoms with E-state index in [1.54, 1.807) is 0 Å². The lowest BCUT2D eigenvalue weighted by Crippen LogP contribution is -2.45. The van der Waals surface area contributed by atoms with Crippen molar-refractivity contribution in [2.45, 2.75) is 52.0 Å². The van der Waals surface area contributed by atoms with Crippen LogP contribution in [0.3, 0.4) is 0 Å². The molecule has 0 saturated carbocycles. The molecule has 2 fully saturated rings.